The third-order valence-corrected chi connectivity index (χ3v) is 2.79. The van der Waals surface area contributed by atoms with Crippen molar-refractivity contribution < 1.29 is 14.7 Å². The molecule has 4 N–H and O–H groups in total. The Kier molecular flexibility index (Phi) is 6.71. The lowest BCUT2D eigenvalue weighted by Gasteiger charge is -2.15. The van der Waals surface area contributed by atoms with Gasteiger partial charge in [-0.1, -0.05) is 17.9 Å². The summed E-state index contributed by atoms with van der Waals surface area (Å²) >= 11 is 0. The van der Waals surface area contributed by atoms with Crippen molar-refractivity contribution in [2.45, 2.75) is 18.9 Å². The molecule has 13 heavy (non-hydrogen) atoms. The number of rotatable bonds is 6. The quantitative estimate of drug-likeness (QED) is 0.583. The van der Waals surface area contributed by atoms with Gasteiger partial charge in [0.25, 0.3) is 0 Å². The minimum absolute atomic E-state index is 0.0858. The molecule has 0 heterocycles. The fourth-order valence-electron chi connectivity index (χ4n) is 0.710. The first-order valence-electron chi connectivity index (χ1n) is 3.50. The second kappa shape index (κ2) is 6.62. The van der Waals surface area contributed by atoms with E-state index in [-0.39, 0.29) is 12.8 Å². The van der Waals surface area contributed by atoms with Crippen molar-refractivity contribution in [3.05, 3.63) is 0 Å². The van der Waals surface area contributed by atoms with Crippen LogP contribution in [0.4, 0.5) is 0 Å². The molecule has 0 aromatic carbocycles. The molecule has 0 saturated heterocycles. The number of nitrogens with one attached hydrogen (secondary N) is 1. The molecular weight excluding hydrogens is 229 g/mol. The van der Waals surface area contributed by atoms with E-state index in [9.17, 15) is 9.59 Å². The van der Waals surface area contributed by atoms with Crippen LogP contribution in [-0.2, 0) is 9.59 Å². The molecule has 0 bridgehead atoms. The maximum atomic E-state index is 10.6. The van der Waals surface area contributed by atoms with Gasteiger partial charge in [0.2, 0.25) is 5.91 Å². The summed E-state index contributed by atoms with van der Waals surface area (Å²) in [5.41, 5.74) is 4.91. The molecule has 0 aromatic rings. The van der Waals surface area contributed by atoms with Gasteiger partial charge in [-0.15, -0.1) is 0 Å². The average Bonchev–Trinajstić information content (AvgIpc) is 1.96. The maximum Gasteiger partial charge on any atom is 0.321 e. The van der Waals surface area contributed by atoms with Gasteiger partial charge in [0.15, 0.2) is 0 Å². The third-order valence-electron chi connectivity index (χ3n) is 1.28. The summed E-state index contributed by atoms with van der Waals surface area (Å²) in [7, 11) is 4.26. The number of carbonyl (C=O) groups excluding carboxylic acids is 1. The highest BCUT2D eigenvalue weighted by Gasteiger charge is 2.18. The number of carboxylic acid groups (broad SMARTS) is 1. The second-order valence-electron chi connectivity index (χ2n) is 2.43. The predicted octanol–water partition coefficient (Wildman–Crippen LogP) is 0.272. The molecule has 0 aromatic heterocycles. The number of nitrogens with two attached hydrogens (primary N) is 1. The molecule has 76 valence electrons. The van der Waals surface area contributed by atoms with E-state index >= 15 is 0 Å². The van der Waals surface area contributed by atoms with E-state index in [4.69, 9.17) is 10.8 Å². The molecule has 5 nitrogen and oxygen atoms in total. The normalized spacial score (nSPS) is 12.8. The fourth-order valence-corrected chi connectivity index (χ4v) is 2.39. The lowest BCUT2D eigenvalue weighted by atomic mass is 10.2. The van der Waals surface area contributed by atoms with E-state index in [1.807, 2.05) is 0 Å². The van der Waals surface area contributed by atoms with Crippen molar-refractivity contribution in [1.82, 2.24) is 5.09 Å². The Morgan fingerprint density at radius 2 is 2.08 bits per heavy atom. The molecule has 1 amide bonds. The first-order chi connectivity index (χ1) is 5.93. The number of hydrogen-bond donors (Lipinski definition) is 3. The van der Waals surface area contributed by atoms with Crippen LogP contribution in [0.3, 0.4) is 0 Å². The zero-order valence-electron chi connectivity index (χ0n) is 6.93. The standard InChI is InChI=1S/C5H13N2O3P3/c6-4(8)2-1-3(5(9)10)7-13(11)12/h3,7H,1-2,11-12H2,(H2,6,8)(H,9,10). The Balaban J connectivity index is 3.95. The van der Waals surface area contributed by atoms with Crippen molar-refractivity contribution in [1.29, 1.82) is 0 Å². The number of carboxylic acids is 1. The van der Waals surface area contributed by atoms with Gasteiger partial charge < -0.3 is 10.8 Å². The van der Waals surface area contributed by atoms with Crippen LogP contribution >= 0.6 is 25.3 Å². The van der Waals surface area contributed by atoms with Crippen LogP contribution < -0.4 is 10.8 Å². The zero-order valence-corrected chi connectivity index (χ0v) is 10.1. The molecule has 0 saturated carbocycles. The van der Waals surface area contributed by atoms with E-state index in [0.717, 1.165) is 0 Å². The Labute approximate surface area is 82.2 Å². The summed E-state index contributed by atoms with van der Waals surface area (Å²) in [6, 6.07) is -0.700. The van der Waals surface area contributed by atoms with E-state index < -0.39 is 25.4 Å². The summed E-state index contributed by atoms with van der Waals surface area (Å²) in [5, 5.41) is 11.5. The molecule has 0 radical (unpaired) electrons. The summed E-state index contributed by atoms with van der Waals surface area (Å²) in [6.07, 6.45) is 0.314. The van der Waals surface area contributed by atoms with Crippen LogP contribution in [-0.4, -0.2) is 23.0 Å². The van der Waals surface area contributed by atoms with Gasteiger partial charge in [-0.05, 0) is 13.9 Å². The number of primary amides is 1. The van der Waals surface area contributed by atoms with Crippen LogP contribution in [0.2, 0.25) is 0 Å². The number of amides is 1. The lowest BCUT2D eigenvalue weighted by Crippen LogP contribution is -2.33. The SMILES string of the molecule is NC(=O)CCC(NP(P)P)C(=O)O. The van der Waals surface area contributed by atoms with E-state index in [2.05, 4.69) is 22.9 Å². The van der Waals surface area contributed by atoms with Crippen molar-refractivity contribution in [3.63, 3.8) is 0 Å². The van der Waals surface area contributed by atoms with E-state index in [1.54, 1.807) is 0 Å². The Hall–Kier alpha value is 0.190. The fraction of sp³-hybridized carbons (Fsp3) is 0.600. The van der Waals surface area contributed by atoms with Crippen molar-refractivity contribution in [3.8, 4) is 0 Å². The minimum Gasteiger partial charge on any atom is -0.480 e. The van der Waals surface area contributed by atoms with Crippen LogP contribution in [0.25, 0.3) is 0 Å². The zero-order chi connectivity index (χ0) is 10.4. The monoisotopic (exact) mass is 242 g/mol. The molecule has 0 fully saturated rings. The molecule has 0 aliphatic heterocycles. The third kappa shape index (κ3) is 7.28. The highest BCUT2D eigenvalue weighted by atomic mass is 32.4. The van der Waals surface area contributed by atoms with Gasteiger partial charge in [-0.2, -0.15) is 0 Å². The largest absolute Gasteiger partial charge is 0.480 e. The van der Waals surface area contributed by atoms with Gasteiger partial charge in [-0.3, -0.25) is 14.7 Å². The molecule has 3 atom stereocenters. The maximum absolute atomic E-state index is 10.6. The predicted molar refractivity (Wildman–Crippen MR) is 59.3 cm³/mol. The van der Waals surface area contributed by atoms with Crippen molar-refractivity contribution in [2.75, 3.05) is 0 Å². The highest BCUT2D eigenvalue weighted by Crippen LogP contribution is 2.48. The molecular formula is C5H13N2O3P3. The van der Waals surface area contributed by atoms with Crippen molar-refractivity contribution >= 4 is 37.2 Å². The molecule has 0 rings (SSSR count). The average molecular weight is 242 g/mol. The lowest BCUT2D eigenvalue weighted by molar-refractivity contribution is -0.139. The van der Waals surface area contributed by atoms with Crippen LogP contribution in [0, 0.1) is 0 Å². The smallest absolute Gasteiger partial charge is 0.321 e. The molecule has 0 spiro atoms. The summed E-state index contributed by atoms with van der Waals surface area (Å²) < 4.78 is 0. The van der Waals surface area contributed by atoms with Crippen LogP contribution in [0.15, 0.2) is 0 Å². The molecule has 0 aliphatic carbocycles. The summed E-state index contributed by atoms with van der Waals surface area (Å²) in [4.78, 5) is 21.0. The van der Waals surface area contributed by atoms with Gasteiger partial charge in [0.05, 0.1) is 0 Å². The molecule has 3 unspecified atom stereocenters. The number of carbonyl (C=O) groups is 2. The highest BCUT2D eigenvalue weighted by molar-refractivity contribution is 8.42. The molecule has 8 heteroatoms. The Bertz CT molecular complexity index is 199. The number of hydrogen-bond acceptors (Lipinski definition) is 3. The summed E-state index contributed by atoms with van der Waals surface area (Å²) in [5.74, 6) is -1.44. The Morgan fingerprint density at radius 3 is 2.38 bits per heavy atom. The van der Waals surface area contributed by atoms with Gasteiger partial charge >= 0.3 is 5.97 Å². The summed E-state index contributed by atoms with van der Waals surface area (Å²) in [6.45, 7) is 0. The first kappa shape index (κ1) is 13.2. The second-order valence-corrected chi connectivity index (χ2v) is 8.63. The first-order valence-corrected chi connectivity index (χ1v) is 8.08. The Morgan fingerprint density at radius 1 is 1.54 bits per heavy atom. The minimum atomic E-state index is -0.960. The van der Waals surface area contributed by atoms with E-state index in [1.165, 1.54) is 0 Å². The van der Waals surface area contributed by atoms with Gasteiger partial charge in [-0.25, -0.2) is 0 Å². The van der Waals surface area contributed by atoms with Gasteiger partial charge in [0.1, 0.15) is 6.04 Å². The van der Waals surface area contributed by atoms with E-state index in [0.29, 0.717) is 0 Å². The van der Waals surface area contributed by atoms with Crippen LogP contribution in [0.1, 0.15) is 12.8 Å². The van der Waals surface area contributed by atoms with Crippen LogP contribution in [0.5, 0.6) is 0 Å². The van der Waals surface area contributed by atoms with Gasteiger partial charge in [0, 0.05) is 6.42 Å². The topological polar surface area (TPSA) is 92.4 Å². The molecule has 0 aliphatic rings. The van der Waals surface area contributed by atoms with Crippen molar-refractivity contribution in [2.24, 2.45) is 5.73 Å². The number of aliphatic carboxylic acids is 1.